The summed E-state index contributed by atoms with van der Waals surface area (Å²) >= 11 is 7.40. The van der Waals surface area contributed by atoms with E-state index in [0.29, 0.717) is 23.7 Å². The van der Waals surface area contributed by atoms with Gasteiger partial charge in [-0.2, -0.15) is 0 Å². The number of hydrogen-bond donors (Lipinski definition) is 0. The molecular formula is C16H22ClNO3S2. The van der Waals surface area contributed by atoms with Crippen LogP contribution in [0.3, 0.4) is 0 Å². The van der Waals surface area contributed by atoms with Crippen LogP contribution in [0.1, 0.15) is 25.3 Å². The average molecular weight is 376 g/mol. The standard InChI is InChI=1S/C16H22ClNO3S2/c1-2-8-18(15-7-9-23(20,21)12-15)16(19)11-22-10-13-3-5-14(17)6-4-13/h3-6,15H,2,7-12H2,1H3. The van der Waals surface area contributed by atoms with Gasteiger partial charge in [0.05, 0.1) is 17.3 Å². The molecule has 2 rings (SSSR count). The summed E-state index contributed by atoms with van der Waals surface area (Å²) in [6.07, 6.45) is 1.40. The van der Waals surface area contributed by atoms with E-state index in [9.17, 15) is 13.2 Å². The zero-order valence-corrected chi connectivity index (χ0v) is 15.6. The van der Waals surface area contributed by atoms with Crippen molar-refractivity contribution in [1.82, 2.24) is 4.90 Å². The number of sulfone groups is 1. The van der Waals surface area contributed by atoms with E-state index < -0.39 is 9.84 Å². The molecule has 1 amide bonds. The van der Waals surface area contributed by atoms with E-state index in [2.05, 4.69) is 0 Å². The molecule has 1 fully saturated rings. The smallest absolute Gasteiger partial charge is 0.232 e. The fourth-order valence-electron chi connectivity index (χ4n) is 2.69. The minimum absolute atomic E-state index is 0.0351. The summed E-state index contributed by atoms with van der Waals surface area (Å²) in [6.45, 7) is 2.63. The van der Waals surface area contributed by atoms with Crippen LogP contribution in [0.4, 0.5) is 0 Å². The minimum Gasteiger partial charge on any atom is -0.338 e. The van der Waals surface area contributed by atoms with Crippen molar-refractivity contribution < 1.29 is 13.2 Å². The van der Waals surface area contributed by atoms with Gasteiger partial charge in [0.15, 0.2) is 9.84 Å². The zero-order chi connectivity index (χ0) is 16.9. The molecule has 0 spiro atoms. The van der Waals surface area contributed by atoms with E-state index in [4.69, 9.17) is 11.6 Å². The van der Waals surface area contributed by atoms with Crippen molar-refractivity contribution >= 4 is 39.1 Å². The van der Waals surface area contributed by atoms with Crippen molar-refractivity contribution in [2.45, 2.75) is 31.6 Å². The highest BCUT2D eigenvalue weighted by Gasteiger charge is 2.33. The highest BCUT2D eigenvalue weighted by atomic mass is 35.5. The maximum Gasteiger partial charge on any atom is 0.232 e. The molecule has 1 aromatic rings. The SMILES string of the molecule is CCCN(C(=O)CSCc1ccc(Cl)cc1)C1CCS(=O)(=O)C1. The Labute approximate surface area is 147 Å². The van der Waals surface area contributed by atoms with Crippen LogP contribution >= 0.6 is 23.4 Å². The number of amides is 1. The summed E-state index contributed by atoms with van der Waals surface area (Å²) < 4.78 is 23.3. The molecule has 0 radical (unpaired) electrons. The summed E-state index contributed by atoms with van der Waals surface area (Å²) in [5, 5.41) is 0.700. The summed E-state index contributed by atoms with van der Waals surface area (Å²) in [7, 11) is -2.97. The molecule has 1 saturated heterocycles. The molecule has 1 heterocycles. The predicted octanol–water partition coefficient (Wildman–Crippen LogP) is 3.00. The highest BCUT2D eigenvalue weighted by molar-refractivity contribution is 7.99. The minimum atomic E-state index is -2.97. The number of halogens is 1. The molecule has 7 heteroatoms. The molecule has 0 aliphatic carbocycles. The van der Waals surface area contributed by atoms with Crippen molar-refractivity contribution in [3.8, 4) is 0 Å². The molecule has 1 aliphatic rings. The Morgan fingerprint density at radius 3 is 2.61 bits per heavy atom. The van der Waals surface area contributed by atoms with Crippen LogP contribution in [0.2, 0.25) is 5.02 Å². The normalized spacial score (nSPS) is 19.7. The Kier molecular flexibility index (Phi) is 6.80. The van der Waals surface area contributed by atoms with Gasteiger partial charge in [-0.15, -0.1) is 11.8 Å². The number of thioether (sulfide) groups is 1. The molecule has 0 N–H and O–H groups in total. The Balaban J connectivity index is 1.87. The van der Waals surface area contributed by atoms with Crippen LogP contribution < -0.4 is 0 Å². The number of carbonyl (C=O) groups excluding carboxylic acids is 1. The van der Waals surface area contributed by atoms with Gasteiger partial charge in [-0.3, -0.25) is 4.79 Å². The molecule has 1 aromatic carbocycles. The van der Waals surface area contributed by atoms with Crippen molar-refractivity contribution in [3.05, 3.63) is 34.9 Å². The van der Waals surface area contributed by atoms with E-state index in [0.717, 1.165) is 17.7 Å². The fourth-order valence-corrected chi connectivity index (χ4v) is 5.42. The maximum atomic E-state index is 12.5. The molecule has 1 aliphatic heterocycles. The van der Waals surface area contributed by atoms with Crippen LogP contribution in [0.15, 0.2) is 24.3 Å². The molecule has 0 aromatic heterocycles. The van der Waals surface area contributed by atoms with Crippen LogP contribution in [-0.4, -0.2) is 49.1 Å². The Hall–Kier alpha value is -0.720. The monoisotopic (exact) mass is 375 g/mol. The molecule has 0 bridgehead atoms. The molecule has 0 saturated carbocycles. The first-order chi connectivity index (χ1) is 10.9. The van der Waals surface area contributed by atoms with Gasteiger partial charge in [0.2, 0.25) is 5.91 Å². The average Bonchev–Trinajstić information content (AvgIpc) is 2.86. The fraction of sp³-hybridized carbons (Fsp3) is 0.562. The number of benzene rings is 1. The van der Waals surface area contributed by atoms with Crippen LogP contribution in [0.5, 0.6) is 0 Å². The van der Waals surface area contributed by atoms with E-state index >= 15 is 0 Å². The Morgan fingerprint density at radius 1 is 1.35 bits per heavy atom. The maximum absolute atomic E-state index is 12.5. The van der Waals surface area contributed by atoms with Gasteiger partial charge in [-0.05, 0) is 30.5 Å². The van der Waals surface area contributed by atoms with Gasteiger partial charge in [0, 0.05) is 23.4 Å². The Bertz CT molecular complexity index is 631. The summed E-state index contributed by atoms with van der Waals surface area (Å²) in [4.78, 5) is 14.2. The second-order valence-corrected chi connectivity index (χ2v) is 9.41. The van der Waals surface area contributed by atoms with E-state index in [-0.39, 0.29) is 23.5 Å². The van der Waals surface area contributed by atoms with Gasteiger partial charge in [0.1, 0.15) is 0 Å². The van der Waals surface area contributed by atoms with Crippen LogP contribution in [0.25, 0.3) is 0 Å². The first kappa shape index (κ1) is 18.6. The lowest BCUT2D eigenvalue weighted by Gasteiger charge is -2.27. The lowest BCUT2D eigenvalue weighted by atomic mass is 10.2. The largest absolute Gasteiger partial charge is 0.338 e. The number of nitrogens with zero attached hydrogens (tertiary/aromatic N) is 1. The van der Waals surface area contributed by atoms with Crippen molar-refractivity contribution in [2.75, 3.05) is 23.8 Å². The number of hydrogen-bond acceptors (Lipinski definition) is 4. The van der Waals surface area contributed by atoms with Gasteiger partial charge in [-0.25, -0.2) is 8.42 Å². The van der Waals surface area contributed by atoms with Crippen molar-refractivity contribution in [2.24, 2.45) is 0 Å². The van der Waals surface area contributed by atoms with Crippen LogP contribution in [-0.2, 0) is 20.4 Å². The highest BCUT2D eigenvalue weighted by Crippen LogP contribution is 2.21. The molecule has 128 valence electrons. The Morgan fingerprint density at radius 2 is 2.04 bits per heavy atom. The summed E-state index contributed by atoms with van der Waals surface area (Å²) in [5.74, 6) is 1.46. The predicted molar refractivity (Wildman–Crippen MR) is 96.7 cm³/mol. The molecule has 1 unspecified atom stereocenters. The van der Waals surface area contributed by atoms with Crippen LogP contribution in [0, 0.1) is 0 Å². The summed E-state index contributed by atoms with van der Waals surface area (Å²) in [6, 6.07) is 7.43. The molecular weight excluding hydrogens is 354 g/mol. The van der Waals surface area contributed by atoms with Gasteiger partial charge in [-0.1, -0.05) is 30.7 Å². The quantitative estimate of drug-likeness (QED) is 0.735. The second-order valence-electron chi connectivity index (χ2n) is 5.76. The first-order valence-electron chi connectivity index (χ1n) is 7.73. The second kappa shape index (κ2) is 8.40. The van der Waals surface area contributed by atoms with E-state index in [1.54, 1.807) is 16.7 Å². The van der Waals surface area contributed by atoms with E-state index in [1.165, 1.54) is 0 Å². The van der Waals surface area contributed by atoms with Gasteiger partial charge < -0.3 is 4.90 Å². The van der Waals surface area contributed by atoms with E-state index in [1.807, 2.05) is 31.2 Å². The third-order valence-electron chi connectivity index (χ3n) is 3.84. The summed E-state index contributed by atoms with van der Waals surface area (Å²) in [5.41, 5.74) is 1.12. The number of rotatable bonds is 7. The molecule has 1 atom stereocenters. The third kappa shape index (κ3) is 5.69. The van der Waals surface area contributed by atoms with Crippen molar-refractivity contribution in [3.63, 3.8) is 0 Å². The lowest BCUT2D eigenvalue weighted by molar-refractivity contribution is -0.130. The molecule has 23 heavy (non-hydrogen) atoms. The van der Waals surface area contributed by atoms with Gasteiger partial charge in [0.25, 0.3) is 0 Å². The first-order valence-corrected chi connectivity index (χ1v) is 11.1. The van der Waals surface area contributed by atoms with Gasteiger partial charge >= 0.3 is 0 Å². The number of carbonyl (C=O) groups is 1. The third-order valence-corrected chi connectivity index (χ3v) is 6.83. The topological polar surface area (TPSA) is 54.5 Å². The molecule has 4 nitrogen and oxygen atoms in total. The van der Waals surface area contributed by atoms with Crippen molar-refractivity contribution in [1.29, 1.82) is 0 Å². The lowest BCUT2D eigenvalue weighted by Crippen LogP contribution is -2.42. The zero-order valence-electron chi connectivity index (χ0n) is 13.2.